The lowest BCUT2D eigenvalue weighted by Gasteiger charge is -2.36. The van der Waals surface area contributed by atoms with Crippen molar-refractivity contribution in [3.8, 4) is 0 Å². The Morgan fingerprint density at radius 3 is 2.94 bits per heavy atom. The first-order valence-electron chi connectivity index (χ1n) is 5.28. The van der Waals surface area contributed by atoms with E-state index >= 15 is 0 Å². The molecule has 2 rings (SSSR count). The van der Waals surface area contributed by atoms with E-state index in [1.165, 1.54) is 0 Å². The third-order valence-electron chi connectivity index (χ3n) is 2.85. The molecular formula is C10H13Cl2N3O. The van der Waals surface area contributed by atoms with Crippen molar-refractivity contribution in [2.24, 2.45) is 0 Å². The maximum atomic E-state index is 9.33. The monoisotopic (exact) mass is 261 g/mol. The Balaban J connectivity index is 2.30. The van der Waals surface area contributed by atoms with Gasteiger partial charge in [0.2, 0.25) is 0 Å². The summed E-state index contributed by atoms with van der Waals surface area (Å²) < 4.78 is 0. The van der Waals surface area contributed by atoms with E-state index in [1.54, 1.807) is 6.07 Å². The Morgan fingerprint density at radius 1 is 1.38 bits per heavy atom. The van der Waals surface area contributed by atoms with Gasteiger partial charge in [-0.3, -0.25) is 0 Å². The molecule has 0 aliphatic carbocycles. The second kappa shape index (κ2) is 5.17. The lowest BCUT2D eigenvalue weighted by atomic mass is 10.0. The summed E-state index contributed by atoms with van der Waals surface area (Å²) in [6, 6.07) is 1.80. The highest BCUT2D eigenvalue weighted by molar-refractivity contribution is 6.33. The largest absolute Gasteiger partial charge is 0.394 e. The Hall–Kier alpha value is -0.580. The van der Waals surface area contributed by atoms with Gasteiger partial charge in [-0.25, -0.2) is 0 Å². The van der Waals surface area contributed by atoms with Crippen molar-refractivity contribution in [2.75, 3.05) is 18.1 Å². The summed E-state index contributed by atoms with van der Waals surface area (Å²) in [5.41, 5.74) is 0.764. The van der Waals surface area contributed by atoms with Gasteiger partial charge in [0.1, 0.15) is 0 Å². The maximum absolute atomic E-state index is 9.33. The Morgan fingerprint density at radius 2 is 2.19 bits per heavy atom. The third kappa shape index (κ3) is 2.39. The summed E-state index contributed by atoms with van der Waals surface area (Å²) in [7, 11) is 0. The highest BCUT2D eigenvalue weighted by Crippen LogP contribution is 2.30. The summed E-state index contributed by atoms with van der Waals surface area (Å²) in [5.74, 6) is 0. The van der Waals surface area contributed by atoms with Crippen molar-refractivity contribution in [1.29, 1.82) is 0 Å². The molecule has 0 saturated carbocycles. The van der Waals surface area contributed by atoms with Crippen molar-refractivity contribution in [2.45, 2.75) is 25.3 Å². The molecule has 1 aromatic heterocycles. The summed E-state index contributed by atoms with van der Waals surface area (Å²) in [6.07, 6.45) is 3.19. The van der Waals surface area contributed by atoms with Crippen LogP contribution in [0.2, 0.25) is 10.3 Å². The van der Waals surface area contributed by atoms with E-state index in [2.05, 4.69) is 15.1 Å². The van der Waals surface area contributed by atoms with Gasteiger partial charge in [-0.1, -0.05) is 23.2 Å². The van der Waals surface area contributed by atoms with Gasteiger partial charge in [0.15, 0.2) is 10.3 Å². The number of aliphatic hydroxyl groups is 1. The van der Waals surface area contributed by atoms with Crippen LogP contribution in [0.1, 0.15) is 19.3 Å². The van der Waals surface area contributed by atoms with Crippen LogP contribution in [0.5, 0.6) is 0 Å². The third-order valence-corrected chi connectivity index (χ3v) is 3.30. The van der Waals surface area contributed by atoms with Gasteiger partial charge in [0, 0.05) is 12.6 Å². The first-order valence-corrected chi connectivity index (χ1v) is 6.04. The van der Waals surface area contributed by atoms with Crippen LogP contribution in [-0.2, 0) is 0 Å². The Bertz CT molecular complexity index is 375. The molecule has 1 unspecified atom stereocenters. The van der Waals surface area contributed by atoms with Crippen LogP contribution in [0.3, 0.4) is 0 Å². The van der Waals surface area contributed by atoms with Gasteiger partial charge in [-0.2, -0.15) is 0 Å². The van der Waals surface area contributed by atoms with Crippen LogP contribution in [0, 0.1) is 0 Å². The molecular weight excluding hydrogens is 249 g/mol. The molecule has 16 heavy (non-hydrogen) atoms. The lowest BCUT2D eigenvalue weighted by Crippen LogP contribution is -2.42. The maximum Gasteiger partial charge on any atom is 0.175 e. The molecule has 1 aliphatic rings. The first kappa shape index (κ1) is 11.9. The molecule has 88 valence electrons. The fourth-order valence-electron chi connectivity index (χ4n) is 2.05. The van der Waals surface area contributed by atoms with E-state index in [1.807, 2.05) is 0 Å². The smallest absolute Gasteiger partial charge is 0.175 e. The second-order valence-electron chi connectivity index (χ2n) is 3.87. The second-order valence-corrected chi connectivity index (χ2v) is 4.61. The molecule has 0 aromatic carbocycles. The van der Waals surface area contributed by atoms with Crippen molar-refractivity contribution in [3.05, 3.63) is 16.4 Å². The van der Waals surface area contributed by atoms with E-state index in [-0.39, 0.29) is 12.6 Å². The zero-order valence-corrected chi connectivity index (χ0v) is 10.2. The molecule has 0 bridgehead atoms. The minimum Gasteiger partial charge on any atom is -0.394 e. The standard InChI is InChI=1S/C10H13Cl2N3O/c11-9-5-8(10(12)14-13-9)15-4-2-1-3-7(15)6-16/h5,7,16H,1-4,6H2. The van der Waals surface area contributed by atoms with Gasteiger partial charge in [-0.15, -0.1) is 10.2 Å². The summed E-state index contributed by atoms with van der Waals surface area (Å²) in [6.45, 7) is 0.989. The van der Waals surface area contributed by atoms with Crippen LogP contribution in [0.4, 0.5) is 5.69 Å². The fraction of sp³-hybridized carbons (Fsp3) is 0.600. The zero-order chi connectivity index (χ0) is 11.5. The van der Waals surface area contributed by atoms with E-state index in [9.17, 15) is 5.11 Å². The van der Waals surface area contributed by atoms with E-state index in [0.29, 0.717) is 10.3 Å². The molecule has 0 radical (unpaired) electrons. The number of halogens is 2. The Labute approximate surface area is 104 Å². The molecule has 6 heteroatoms. The zero-order valence-electron chi connectivity index (χ0n) is 8.74. The minimum absolute atomic E-state index is 0.103. The fourth-order valence-corrected chi connectivity index (χ4v) is 2.40. The number of rotatable bonds is 2. The van der Waals surface area contributed by atoms with E-state index in [4.69, 9.17) is 23.2 Å². The number of anilines is 1. The Kier molecular flexibility index (Phi) is 3.84. The van der Waals surface area contributed by atoms with Gasteiger partial charge in [-0.05, 0) is 19.3 Å². The molecule has 4 nitrogen and oxygen atoms in total. The van der Waals surface area contributed by atoms with Crippen LogP contribution in [0.15, 0.2) is 6.07 Å². The topological polar surface area (TPSA) is 49.2 Å². The summed E-state index contributed by atoms with van der Waals surface area (Å²) >= 11 is 11.8. The predicted octanol–water partition coefficient (Wildman–Crippen LogP) is 2.13. The number of hydrogen-bond donors (Lipinski definition) is 1. The first-order chi connectivity index (χ1) is 7.72. The molecule has 0 spiro atoms. The van der Waals surface area contributed by atoms with Crippen molar-refractivity contribution >= 4 is 28.9 Å². The number of aliphatic hydroxyl groups excluding tert-OH is 1. The summed E-state index contributed by atoms with van der Waals surface area (Å²) in [5, 5.41) is 17.5. The van der Waals surface area contributed by atoms with Crippen molar-refractivity contribution < 1.29 is 5.11 Å². The lowest BCUT2D eigenvalue weighted by molar-refractivity contribution is 0.240. The molecule has 1 aliphatic heterocycles. The average molecular weight is 262 g/mol. The van der Waals surface area contributed by atoms with Crippen molar-refractivity contribution in [3.63, 3.8) is 0 Å². The molecule has 1 fully saturated rings. The molecule has 1 atom stereocenters. The van der Waals surface area contributed by atoms with Crippen LogP contribution < -0.4 is 4.90 Å². The minimum atomic E-state index is 0.103. The van der Waals surface area contributed by atoms with Gasteiger partial charge >= 0.3 is 0 Å². The van der Waals surface area contributed by atoms with Crippen LogP contribution in [0.25, 0.3) is 0 Å². The number of piperidine rings is 1. The molecule has 1 aromatic rings. The highest BCUT2D eigenvalue weighted by Gasteiger charge is 2.24. The molecule has 1 saturated heterocycles. The van der Waals surface area contributed by atoms with Crippen LogP contribution in [-0.4, -0.2) is 34.5 Å². The summed E-state index contributed by atoms with van der Waals surface area (Å²) in [4.78, 5) is 2.06. The molecule has 0 amide bonds. The number of hydrogen-bond acceptors (Lipinski definition) is 4. The molecule has 1 N–H and O–H groups in total. The van der Waals surface area contributed by atoms with E-state index < -0.39 is 0 Å². The van der Waals surface area contributed by atoms with Gasteiger partial charge in [0.05, 0.1) is 18.3 Å². The van der Waals surface area contributed by atoms with Gasteiger partial charge < -0.3 is 10.0 Å². The normalized spacial score (nSPS) is 21.2. The quantitative estimate of drug-likeness (QED) is 0.887. The van der Waals surface area contributed by atoms with Crippen LogP contribution >= 0.6 is 23.2 Å². The predicted molar refractivity (Wildman–Crippen MR) is 64.1 cm³/mol. The number of nitrogens with zero attached hydrogens (tertiary/aromatic N) is 3. The molecule has 2 heterocycles. The SMILES string of the molecule is OCC1CCCCN1c1cc(Cl)nnc1Cl. The number of aromatic nitrogens is 2. The van der Waals surface area contributed by atoms with Crippen molar-refractivity contribution in [1.82, 2.24) is 10.2 Å². The van der Waals surface area contributed by atoms with E-state index in [0.717, 1.165) is 31.5 Å². The average Bonchev–Trinajstić information content (AvgIpc) is 2.32. The highest BCUT2D eigenvalue weighted by atomic mass is 35.5. The van der Waals surface area contributed by atoms with Gasteiger partial charge in [0.25, 0.3) is 0 Å².